The maximum absolute atomic E-state index is 12.8. The molecule has 1 fully saturated rings. The number of Topliss-reactive ketones (excluding diaryl/α,β-unsaturated/α-hetero) is 3. The molecule has 134 valence electrons. The normalized spacial score (nSPS) is 16.3. The van der Waals surface area contributed by atoms with Crippen LogP contribution in [0.3, 0.4) is 0 Å². The lowest BCUT2D eigenvalue weighted by Gasteiger charge is -2.28. The van der Waals surface area contributed by atoms with E-state index in [1.54, 1.807) is 31.4 Å². The van der Waals surface area contributed by atoms with Crippen LogP contribution in [0, 0.1) is 5.92 Å². The van der Waals surface area contributed by atoms with E-state index in [9.17, 15) is 14.4 Å². The summed E-state index contributed by atoms with van der Waals surface area (Å²) >= 11 is 0. The maximum atomic E-state index is 12.8. The second-order valence-electron chi connectivity index (χ2n) is 6.64. The first-order chi connectivity index (χ1) is 12.6. The van der Waals surface area contributed by atoms with Gasteiger partial charge in [0.25, 0.3) is 0 Å². The van der Waals surface area contributed by atoms with Crippen molar-refractivity contribution < 1.29 is 19.1 Å². The fourth-order valence-corrected chi connectivity index (χ4v) is 3.60. The van der Waals surface area contributed by atoms with Gasteiger partial charge in [-0.15, -0.1) is 0 Å². The topological polar surface area (TPSA) is 60.4 Å². The molecular weight excluding hydrogens is 328 g/mol. The molecule has 1 aliphatic rings. The van der Waals surface area contributed by atoms with Crippen molar-refractivity contribution in [1.29, 1.82) is 0 Å². The number of carbonyl (C=O) groups is 3. The molecule has 26 heavy (non-hydrogen) atoms. The molecule has 0 aliphatic heterocycles. The number of ether oxygens (including phenoxy) is 1. The van der Waals surface area contributed by atoms with Gasteiger partial charge in [-0.1, -0.05) is 30.3 Å². The van der Waals surface area contributed by atoms with Gasteiger partial charge >= 0.3 is 0 Å². The molecule has 1 unspecified atom stereocenters. The molecule has 4 heteroatoms. The van der Waals surface area contributed by atoms with Crippen molar-refractivity contribution >= 4 is 17.3 Å². The van der Waals surface area contributed by atoms with E-state index in [1.165, 1.54) is 0 Å². The van der Waals surface area contributed by atoms with Gasteiger partial charge in [-0.2, -0.15) is 0 Å². The van der Waals surface area contributed by atoms with Crippen LogP contribution in [0.2, 0.25) is 0 Å². The minimum absolute atomic E-state index is 0.0439. The summed E-state index contributed by atoms with van der Waals surface area (Å²) in [5.41, 5.74) is 1.42. The van der Waals surface area contributed by atoms with Gasteiger partial charge in [-0.05, 0) is 36.2 Å². The van der Waals surface area contributed by atoms with Crippen LogP contribution in [0.25, 0.3) is 0 Å². The molecule has 0 bridgehead atoms. The van der Waals surface area contributed by atoms with E-state index in [-0.39, 0.29) is 23.8 Å². The van der Waals surface area contributed by atoms with Crippen molar-refractivity contribution in [2.75, 3.05) is 7.11 Å². The first kappa shape index (κ1) is 18.1. The molecule has 3 rings (SSSR count). The van der Waals surface area contributed by atoms with Gasteiger partial charge in [0, 0.05) is 30.7 Å². The molecular formula is C22H22O4. The van der Waals surface area contributed by atoms with Gasteiger partial charge in [-0.25, -0.2) is 0 Å². The van der Waals surface area contributed by atoms with Gasteiger partial charge in [-0.3, -0.25) is 14.4 Å². The van der Waals surface area contributed by atoms with Crippen LogP contribution < -0.4 is 4.74 Å². The molecule has 1 atom stereocenters. The number of rotatable bonds is 6. The summed E-state index contributed by atoms with van der Waals surface area (Å²) < 4.78 is 5.12. The molecule has 0 amide bonds. The first-order valence-electron chi connectivity index (χ1n) is 8.88. The minimum Gasteiger partial charge on any atom is -0.497 e. The van der Waals surface area contributed by atoms with E-state index >= 15 is 0 Å². The van der Waals surface area contributed by atoms with Gasteiger partial charge in [0.2, 0.25) is 0 Å². The standard InChI is InChI=1S/C22H22O4/c1-26-17-12-10-16(11-13-17)21(25)14-18(15-6-3-2-4-7-15)22-19(23)8-5-9-20(22)24/h2-4,6-7,10-13,18,22H,5,8-9,14H2,1H3. The first-order valence-corrected chi connectivity index (χ1v) is 8.88. The number of carbonyl (C=O) groups excluding carboxylic acids is 3. The van der Waals surface area contributed by atoms with Crippen LogP contribution in [-0.4, -0.2) is 24.5 Å². The molecule has 2 aromatic rings. The maximum Gasteiger partial charge on any atom is 0.163 e. The summed E-state index contributed by atoms with van der Waals surface area (Å²) in [7, 11) is 1.57. The van der Waals surface area contributed by atoms with Crippen LogP contribution >= 0.6 is 0 Å². The molecule has 4 nitrogen and oxygen atoms in total. The molecule has 0 aromatic heterocycles. The Morgan fingerprint density at radius 2 is 1.62 bits per heavy atom. The van der Waals surface area contributed by atoms with Crippen molar-refractivity contribution in [3.63, 3.8) is 0 Å². The lowest BCUT2D eigenvalue weighted by Crippen LogP contribution is -2.34. The van der Waals surface area contributed by atoms with Crippen molar-refractivity contribution in [3.05, 3.63) is 65.7 Å². The zero-order valence-corrected chi connectivity index (χ0v) is 14.8. The summed E-state index contributed by atoms with van der Waals surface area (Å²) in [5, 5.41) is 0. The van der Waals surface area contributed by atoms with Crippen molar-refractivity contribution in [2.24, 2.45) is 5.92 Å². The highest BCUT2D eigenvalue weighted by molar-refractivity contribution is 6.06. The Bertz CT molecular complexity index is 777. The largest absolute Gasteiger partial charge is 0.497 e. The highest BCUT2D eigenvalue weighted by Gasteiger charge is 2.38. The Balaban J connectivity index is 1.89. The lowest BCUT2D eigenvalue weighted by molar-refractivity contribution is -0.136. The Morgan fingerprint density at radius 3 is 2.19 bits per heavy atom. The SMILES string of the molecule is COc1ccc(C(=O)CC(c2ccccc2)C2C(=O)CCCC2=O)cc1. The molecule has 0 saturated heterocycles. The second-order valence-corrected chi connectivity index (χ2v) is 6.64. The molecule has 0 spiro atoms. The van der Waals surface area contributed by atoms with Crippen LogP contribution in [-0.2, 0) is 9.59 Å². The Kier molecular flexibility index (Phi) is 5.61. The molecule has 0 heterocycles. The number of hydrogen-bond acceptors (Lipinski definition) is 4. The Hall–Kier alpha value is -2.75. The fraction of sp³-hybridized carbons (Fsp3) is 0.318. The minimum atomic E-state index is -0.714. The number of hydrogen-bond donors (Lipinski definition) is 0. The van der Waals surface area contributed by atoms with Crippen molar-refractivity contribution in [1.82, 2.24) is 0 Å². The van der Waals surface area contributed by atoms with Crippen molar-refractivity contribution in [2.45, 2.75) is 31.6 Å². The number of methoxy groups -OCH3 is 1. The van der Waals surface area contributed by atoms with E-state index in [0.717, 1.165) is 5.56 Å². The van der Waals surface area contributed by atoms with Gasteiger partial charge in [0.05, 0.1) is 13.0 Å². The quantitative estimate of drug-likeness (QED) is 0.584. The summed E-state index contributed by atoms with van der Waals surface area (Å²) in [4.78, 5) is 37.8. The number of benzene rings is 2. The highest BCUT2D eigenvalue weighted by atomic mass is 16.5. The van der Waals surface area contributed by atoms with E-state index in [0.29, 0.717) is 30.6 Å². The van der Waals surface area contributed by atoms with E-state index in [1.807, 2.05) is 30.3 Å². The summed E-state index contributed by atoms with van der Waals surface area (Å²) in [6.07, 6.45) is 1.58. The third-order valence-electron chi connectivity index (χ3n) is 4.99. The Morgan fingerprint density at radius 1 is 1.00 bits per heavy atom. The average molecular weight is 350 g/mol. The fourth-order valence-electron chi connectivity index (χ4n) is 3.60. The summed E-state index contributed by atoms with van der Waals surface area (Å²) in [6.45, 7) is 0. The van der Waals surface area contributed by atoms with Crippen LogP contribution in [0.4, 0.5) is 0 Å². The van der Waals surface area contributed by atoms with E-state index < -0.39 is 11.8 Å². The number of ketones is 3. The van der Waals surface area contributed by atoms with Crippen LogP contribution in [0.5, 0.6) is 5.75 Å². The molecule has 0 N–H and O–H groups in total. The predicted molar refractivity (Wildman–Crippen MR) is 98.5 cm³/mol. The zero-order valence-electron chi connectivity index (χ0n) is 14.8. The highest BCUT2D eigenvalue weighted by Crippen LogP contribution is 2.35. The average Bonchev–Trinajstić information content (AvgIpc) is 2.67. The second kappa shape index (κ2) is 8.09. The van der Waals surface area contributed by atoms with Gasteiger partial charge in [0.1, 0.15) is 17.3 Å². The lowest BCUT2D eigenvalue weighted by atomic mass is 9.73. The van der Waals surface area contributed by atoms with Crippen molar-refractivity contribution in [3.8, 4) is 5.75 Å². The van der Waals surface area contributed by atoms with E-state index in [2.05, 4.69) is 0 Å². The Labute approximate surface area is 153 Å². The third-order valence-corrected chi connectivity index (χ3v) is 4.99. The van der Waals surface area contributed by atoms with Gasteiger partial charge in [0.15, 0.2) is 5.78 Å². The van der Waals surface area contributed by atoms with E-state index in [4.69, 9.17) is 4.74 Å². The van der Waals surface area contributed by atoms with Crippen LogP contribution in [0.1, 0.15) is 47.5 Å². The molecule has 1 saturated carbocycles. The molecule has 0 radical (unpaired) electrons. The smallest absolute Gasteiger partial charge is 0.163 e. The summed E-state index contributed by atoms with van der Waals surface area (Å²) in [5.74, 6) is -0.610. The molecule has 1 aliphatic carbocycles. The summed E-state index contributed by atoms with van der Waals surface area (Å²) in [6, 6.07) is 16.3. The van der Waals surface area contributed by atoms with Gasteiger partial charge < -0.3 is 4.74 Å². The molecule has 2 aromatic carbocycles. The monoisotopic (exact) mass is 350 g/mol. The third kappa shape index (κ3) is 3.90. The van der Waals surface area contributed by atoms with Crippen LogP contribution in [0.15, 0.2) is 54.6 Å². The zero-order chi connectivity index (χ0) is 18.5. The predicted octanol–water partition coefficient (Wildman–Crippen LogP) is 3.99.